The van der Waals surface area contributed by atoms with Gasteiger partial charge in [-0.1, -0.05) is 67.1 Å². The van der Waals surface area contributed by atoms with Crippen LogP contribution in [0.15, 0.2) is 60.7 Å². The minimum atomic E-state index is -1.81. The van der Waals surface area contributed by atoms with Gasteiger partial charge in [0.15, 0.2) is 0 Å². The van der Waals surface area contributed by atoms with Crippen molar-refractivity contribution in [1.29, 1.82) is 0 Å². The Balaban J connectivity index is 0.000000277. The third kappa shape index (κ3) is 6.30. The molecule has 1 saturated carbocycles. The van der Waals surface area contributed by atoms with Crippen LogP contribution in [-0.2, 0) is 4.74 Å². The lowest BCUT2D eigenvalue weighted by molar-refractivity contribution is 0.0802. The van der Waals surface area contributed by atoms with Crippen LogP contribution in [0.3, 0.4) is 0 Å². The normalized spacial score (nSPS) is 19.2. The largest absolute Gasteiger partial charge is 0.516 e. The topological polar surface area (TPSA) is 83.8 Å². The van der Waals surface area contributed by atoms with E-state index in [9.17, 15) is 9.59 Å². The molecule has 0 bridgehead atoms. The molecule has 2 unspecified atom stereocenters. The van der Waals surface area contributed by atoms with Gasteiger partial charge in [0.1, 0.15) is 0 Å². The van der Waals surface area contributed by atoms with Crippen molar-refractivity contribution in [2.24, 2.45) is 0 Å². The van der Waals surface area contributed by atoms with Gasteiger partial charge in [-0.15, -0.1) is 0 Å². The van der Waals surface area contributed by atoms with Crippen molar-refractivity contribution in [1.82, 2.24) is 0 Å². The highest BCUT2D eigenvalue weighted by atomic mass is 16.7. The Bertz CT molecular complexity index is 612. The molecule has 132 valence electrons. The zero-order valence-electron chi connectivity index (χ0n) is 13.9. The summed E-state index contributed by atoms with van der Waals surface area (Å²) >= 11 is 0. The number of carboxylic acid groups (broad SMARTS) is 2. The van der Waals surface area contributed by atoms with Gasteiger partial charge in [0.25, 0.3) is 0 Å². The van der Waals surface area contributed by atoms with E-state index in [4.69, 9.17) is 10.2 Å². The molecule has 2 aromatic rings. The smallest absolute Gasteiger partial charge is 0.449 e. The van der Waals surface area contributed by atoms with Crippen molar-refractivity contribution in [2.75, 3.05) is 0 Å². The molecule has 1 fully saturated rings. The standard InChI is InChI=1S/C18H20.C2H2O5/c1-3-8-15(9-4-1)17-12-7-13-18(14-17)16-10-5-2-6-11-16;3-1(4)7-2(5)6/h1-6,8-11,17-18H,7,12-14H2;(H,3,4)(H,5,6). The van der Waals surface area contributed by atoms with E-state index in [1.165, 1.54) is 36.8 Å². The highest BCUT2D eigenvalue weighted by molar-refractivity contribution is 5.74. The van der Waals surface area contributed by atoms with Crippen LogP contribution in [0.1, 0.15) is 48.6 Å². The molecule has 0 heterocycles. The first-order chi connectivity index (χ1) is 12.1. The molecule has 25 heavy (non-hydrogen) atoms. The molecule has 1 aliphatic carbocycles. The average Bonchev–Trinajstić information content (AvgIpc) is 2.63. The fraction of sp³-hybridized carbons (Fsp3) is 0.300. The highest BCUT2D eigenvalue weighted by Crippen LogP contribution is 2.40. The predicted molar refractivity (Wildman–Crippen MR) is 94.0 cm³/mol. The van der Waals surface area contributed by atoms with Crippen LogP contribution in [0.2, 0.25) is 0 Å². The summed E-state index contributed by atoms with van der Waals surface area (Å²) in [5, 5.41) is 15.0. The monoisotopic (exact) mass is 342 g/mol. The first kappa shape index (κ1) is 18.5. The lowest BCUT2D eigenvalue weighted by Gasteiger charge is -2.29. The van der Waals surface area contributed by atoms with E-state index >= 15 is 0 Å². The van der Waals surface area contributed by atoms with E-state index < -0.39 is 12.3 Å². The number of rotatable bonds is 2. The first-order valence-corrected chi connectivity index (χ1v) is 8.30. The third-order valence-corrected chi connectivity index (χ3v) is 4.39. The highest BCUT2D eigenvalue weighted by Gasteiger charge is 2.23. The van der Waals surface area contributed by atoms with Crippen molar-refractivity contribution < 1.29 is 24.5 Å². The maximum Gasteiger partial charge on any atom is 0.516 e. The maximum absolute atomic E-state index is 9.21. The summed E-state index contributed by atoms with van der Waals surface area (Å²) in [6, 6.07) is 22.1. The fourth-order valence-electron chi connectivity index (χ4n) is 3.32. The summed E-state index contributed by atoms with van der Waals surface area (Å²) in [5.74, 6) is 1.51. The number of carbonyl (C=O) groups is 2. The quantitative estimate of drug-likeness (QED) is 0.557. The summed E-state index contributed by atoms with van der Waals surface area (Å²) in [7, 11) is 0. The number of hydrogen-bond acceptors (Lipinski definition) is 3. The summed E-state index contributed by atoms with van der Waals surface area (Å²) in [6.07, 6.45) is 1.76. The van der Waals surface area contributed by atoms with Crippen molar-refractivity contribution in [3.05, 3.63) is 71.8 Å². The molecular formula is C20H22O5. The van der Waals surface area contributed by atoms with Crippen LogP contribution in [0.5, 0.6) is 0 Å². The minimum Gasteiger partial charge on any atom is -0.449 e. The average molecular weight is 342 g/mol. The molecular weight excluding hydrogens is 320 g/mol. The Kier molecular flexibility index (Phi) is 7.01. The lowest BCUT2D eigenvalue weighted by atomic mass is 9.75. The lowest BCUT2D eigenvalue weighted by Crippen LogP contribution is -2.12. The second-order valence-electron chi connectivity index (χ2n) is 6.02. The molecule has 0 spiro atoms. The van der Waals surface area contributed by atoms with Crippen LogP contribution in [0, 0.1) is 0 Å². The zero-order chi connectivity index (χ0) is 18.1. The van der Waals surface area contributed by atoms with Gasteiger partial charge in [-0.05, 0) is 42.2 Å². The number of ether oxygens (including phenoxy) is 1. The van der Waals surface area contributed by atoms with Gasteiger partial charge in [-0.2, -0.15) is 0 Å². The zero-order valence-corrected chi connectivity index (χ0v) is 13.9. The molecule has 2 atom stereocenters. The van der Waals surface area contributed by atoms with Crippen LogP contribution in [-0.4, -0.2) is 22.5 Å². The molecule has 0 radical (unpaired) electrons. The molecule has 2 N–H and O–H groups in total. The summed E-state index contributed by atoms with van der Waals surface area (Å²) < 4.78 is 3.08. The third-order valence-electron chi connectivity index (χ3n) is 4.39. The predicted octanol–water partition coefficient (Wildman–Crippen LogP) is 5.49. The maximum atomic E-state index is 9.21. The Morgan fingerprint density at radius 1 is 0.760 bits per heavy atom. The van der Waals surface area contributed by atoms with Crippen LogP contribution in [0.25, 0.3) is 0 Å². The van der Waals surface area contributed by atoms with Crippen LogP contribution < -0.4 is 0 Å². The Morgan fingerprint density at radius 2 is 1.16 bits per heavy atom. The summed E-state index contributed by atoms with van der Waals surface area (Å²) in [4.78, 5) is 18.4. The van der Waals surface area contributed by atoms with E-state index in [0.29, 0.717) is 0 Å². The minimum absolute atomic E-state index is 0.755. The number of benzene rings is 2. The van der Waals surface area contributed by atoms with Crippen molar-refractivity contribution in [3.63, 3.8) is 0 Å². The van der Waals surface area contributed by atoms with Gasteiger partial charge >= 0.3 is 12.3 Å². The van der Waals surface area contributed by atoms with Gasteiger partial charge in [-0.25, -0.2) is 9.59 Å². The molecule has 0 aromatic heterocycles. The second kappa shape index (κ2) is 9.47. The van der Waals surface area contributed by atoms with Crippen LogP contribution >= 0.6 is 0 Å². The van der Waals surface area contributed by atoms with E-state index in [0.717, 1.165) is 11.8 Å². The summed E-state index contributed by atoms with van der Waals surface area (Å²) in [5.41, 5.74) is 3.05. The molecule has 5 nitrogen and oxygen atoms in total. The van der Waals surface area contributed by atoms with Gasteiger partial charge in [0.2, 0.25) is 0 Å². The first-order valence-electron chi connectivity index (χ1n) is 8.30. The Labute approximate surface area is 146 Å². The fourth-order valence-corrected chi connectivity index (χ4v) is 3.32. The summed E-state index contributed by atoms with van der Waals surface area (Å²) in [6.45, 7) is 0. The Morgan fingerprint density at radius 3 is 1.48 bits per heavy atom. The van der Waals surface area contributed by atoms with Crippen molar-refractivity contribution in [2.45, 2.75) is 37.5 Å². The molecule has 3 rings (SSSR count). The van der Waals surface area contributed by atoms with Crippen molar-refractivity contribution >= 4 is 12.3 Å². The van der Waals surface area contributed by atoms with Gasteiger partial charge in [0, 0.05) is 0 Å². The van der Waals surface area contributed by atoms with Gasteiger partial charge in [-0.3, -0.25) is 0 Å². The molecule has 5 heteroatoms. The van der Waals surface area contributed by atoms with E-state index in [-0.39, 0.29) is 0 Å². The molecule has 0 amide bonds. The molecule has 0 aliphatic heterocycles. The Hall–Kier alpha value is -2.82. The van der Waals surface area contributed by atoms with Gasteiger partial charge in [0.05, 0.1) is 0 Å². The molecule has 0 saturated heterocycles. The van der Waals surface area contributed by atoms with E-state index in [1.54, 1.807) is 0 Å². The molecule has 1 aliphatic rings. The van der Waals surface area contributed by atoms with Gasteiger partial charge < -0.3 is 14.9 Å². The SMILES string of the molecule is O=C(O)OC(=O)O.c1ccc(C2CCCC(c3ccccc3)C2)cc1. The van der Waals surface area contributed by atoms with E-state index in [1.807, 2.05) is 0 Å². The van der Waals surface area contributed by atoms with E-state index in [2.05, 4.69) is 65.4 Å². The second-order valence-corrected chi connectivity index (χ2v) is 6.02. The molecule has 2 aromatic carbocycles. The van der Waals surface area contributed by atoms with Crippen LogP contribution in [0.4, 0.5) is 9.59 Å². The van der Waals surface area contributed by atoms with Crippen molar-refractivity contribution in [3.8, 4) is 0 Å². The number of hydrogen-bond donors (Lipinski definition) is 2.